The quantitative estimate of drug-likeness (QED) is 0.760. The first-order valence-corrected chi connectivity index (χ1v) is 7.75. The van der Waals surface area contributed by atoms with Crippen LogP contribution < -0.4 is 5.32 Å². The van der Waals surface area contributed by atoms with Crippen molar-refractivity contribution in [2.24, 2.45) is 10.8 Å². The first-order chi connectivity index (χ1) is 9.25. The van der Waals surface area contributed by atoms with E-state index in [0.29, 0.717) is 19.4 Å². The molecule has 0 aromatic carbocycles. The summed E-state index contributed by atoms with van der Waals surface area (Å²) in [5, 5.41) is 12.4. The van der Waals surface area contributed by atoms with E-state index in [1.807, 2.05) is 0 Å². The first kappa shape index (κ1) is 17.0. The second kappa shape index (κ2) is 7.09. The number of hydrogen-bond donors (Lipinski definition) is 2. The molecule has 4 heteroatoms. The molecule has 1 fully saturated rings. The highest BCUT2D eigenvalue weighted by atomic mass is 16.4. The van der Waals surface area contributed by atoms with Crippen LogP contribution in [0.25, 0.3) is 0 Å². The lowest BCUT2D eigenvalue weighted by molar-refractivity contribution is -0.152. The molecule has 0 atom stereocenters. The number of rotatable bonds is 5. The van der Waals surface area contributed by atoms with Gasteiger partial charge in [-0.05, 0) is 24.7 Å². The molecular formula is C16H29NO3. The Hall–Kier alpha value is -1.06. The Morgan fingerprint density at radius 2 is 1.65 bits per heavy atom. The number of aliphatic carboxylic acids is 1. The summed E-state index contributed by atoms with van der Waals surface area (Å²) in [6.45, 7) is 7.01. The summed E-state index contributed by atoms with van der Waals surface area (Å²) in [6, 6.07) is 0. The van der Waals surface area contributed by atoms with Crippen LogP contribution in [0.3, 0.4) is 0 Å². The van der Waals surface area contributed by atoms with Crippen molar-refractivity contribution >= 4 is 11.9 Å². The molecule has 0 aromatic rings. The van der Waals surface area contributed by atoms with Gasteiger partial charge in [-0.3, -0.25) is 9.59 Å². The van der Waals surface area contributed by atoms with Crippen molar-refractivity contribution in [2.75, 3.05) is 6.54 Å². The molecule has 0 spiro atoms. The maximum Gasteiger partial charge on any atom is 0.310 e. The van der Waals surface area contributed by atoms with E-state index in [1.165, 1.54) is 0 Å². The molecule has 2 N–H and O–H groups in total. The lowest BCUT2D eigenvalue weighted by atomic mass is 9.77. The second-order valence-electron chi connectivity index (χ2n) is 7.34. The van der Waals surface area contributed by atoms with Crippen molar-refractivity contribution < 1.29 is 14.7 Å². The zero-order valence-electron chi connectivity index (χ0n) is 13.1. The van der Waals surface area contributed by atoms with Gasteiger partial charge in [0.25, 0.3) is 0 Å². The second-order valence-corrected chi connectivity index (χ2v) is 7.34. The van der Waals surface area contributed by atoms with Crippen LogP contribution in [0.5, 0.6) is 0 Å². The highest BCUT2D eigenvalue weighted by Crippen LogP contribution is 2.38. The van der Waals surface area contributed by atoms with Gasteiger partial charge >= 0.3 is 5.97 Å². The lowest BCUT2D eigenvalue weighted by Crippen LogP contribution is -2.38. The van der Waals surface area contributed by atoms with Crippen LogP contribution in [0.4, 0.5) is 0 Å². The third-order valence-corrected chi connectivity index (χ3v) is 4.21. The molecule has 1 amide bonds. The topological polar surface area (TPSA) is 66.4 Å². The van der Waals surface area contributed by atoms with Gasteiger partial charge in [0.1, 0.15) is 0 Å². The number of carbonyl (C=O) groups excluding carboxylic acids is 1. The van der Waals surface area contributed by atoms with Crippen molar-refractivity contribution in [3.63, 3.8) is 0 Å². The predicted octanol–water partition coefficient (Wildman–Crippen LogP) is 3.35. The number of hydrogen-bond acceptors (Lipinski definition) is 2. The lowest BCUT2D eigenvalue weighted by Gasteiger charge is -2.27. The number of carboxylic acid groups (broad SMARTS) is 1. The van der Waals surface area contributed by atoms with Crippen molar-refractivity contribution in [1.82, 2.24) is 5.32 Å². The van der Waals surface area contributed by atoms with Crippen LogP contribution in [-0.2, 0) is 9.59 Å². The highest BCUT2D eigenvalue weighted by molar-refractivity contribution is 5.85. The largest absolute Gasteiger partial charge is 0.481 e. The van der Waals surface area contributed by atoms with Crippen molar-refractivity contribution in [1.29, 1.82) is 0 Å². The molecule has 0 aromatic heterocycles. The number of carboxylic acids is 1. The van der Waals surface area contributed by atoms with E-state index in [1.54, 1.807) is 0 Å². The van der Waals surface area contributed by atoms with E-state index in [9.17, 15) is 14.7 Å². The van der Waals surface area contributed by atoms with Crippen molar-refractivity contribution in [3.05, 3.63) is 0 Å². The number of amides is 1. The van der Waals surface area contributed by atoms with Gasteiger partial charge in [0.2, 0.25) is 5.91 Å². The van der Waals surface area contributed by atoms with E-state index in [2.05, 4.69) is 26.1 Å². The van der Waals surface area contributed by atoms with Gasteiger partial charge in [0.15, 0.2) is 0 Å². The summed E-state index contributed by atoms with van der Waals surface area (Å²) in [4.78, 5) is 23.7. The normalized spacial score (nSPS) is 19.1. The Kier molecular flexibility index (Phi) is 6.03. The highest BCUT2D eigenvalue weighted by Gasteiger charge is 2.40. The molecular weight excluding hydrogens is 254 g/mol. The minimum absolute atomic E-state index is 0.112. The predicted molar refractivity (Wildman–Crippen MR) is 79.5 cm³/mol. The SMILES string of the molecule is CC(C)(C)CCNC(=O)CC1(C(=O)O)CCCCCC1. The van der Waals surface area contributed by atoms with Crippen LogP contribution in [0.1, 0.15) is 72.1 Å². The summed E-state index contributed by atoms with van der Waals surface area (Å²) < 4.78 is 0. The molecule has 0 bridgehead atoms. The van der Waals surface area contributed by atoms with Crippen LogP contribution in [-0.4, -0.2) is 23.5 Å². The summed E-state index contributed by atoms with van der Waals surface area (Å²) in [6.07, 6.45) is 6.31. The fraction of sp³-hybridized carbons (Fsp3) is 0.875. The molecule has 0 radical (unpaired) electrons. The van der Waals surface area contributed by atoms with Gasteiger partial charge in [0.05, 0.1) is 5.41 Å². The van der Waals surface area contributed by atoms with Crippen LogP contribution in [0.2, 0.25) is 0 Å². The van der Waals surface area contributed by atoms with E-state index in [0.717, 1.165) is 32.1 Å². The van der Waals surface area contributed by atoms with E-state index in [-0.39, 0.29) is 17.7 Å². The number of carbonyl (C=O) groups is 2. The molecule has 0 saturated heterocycles. The minimum atomic E-state index is -0.831. The molecule has 1 rings (SSSR count). The minimum Gasteiger partial charge on any atom is -0.481 e. The van der Waals surface area contributed by atoms with E-state index in [4.69, 9.17) is 0 Å². The Morgan fingerprint density at radius 1 is 1.10 bits per heavy atom. The van der Waals surface area contributed by atoms with Gasteiger partial charge < -0.3 is 10.4 Å². The first-order valence-electron chi connectivity index (χ1n) is 7.75. The molecule has 4 nitrogen and oxygen atoms in total. The van der Waals surface area contributed by atoms with E-state index < -0.39 is 11.4 Å². The molecule has 0 heterocycles. The third kappa shape index (κ3) is 5.51. The van der Waals surface area contributed by atoms with Gasteiger partial charge in [0, 0.05) is 13.0 Å². The molecule has 0 unspecified atom stereocenters. The molecule has 20 heavy (non-hydrogen) atoms. The van der Waals surface area contributed by atoms with Crippen LogP contribution in [0, 0.1) is 10.8 Å². The Morgan fingerprint density at radius 3 is 2.10 bits per heavy atom. The Balaban J connectivity index is 2.53. The van der Waals surface area contributed by atoms with Crippen LogP contribution in [0.15, 0.2) is 0 Å². The number of nitrogens with one attached hydrogen (secondary N) is 1. The molecule has 1 saturated carbocycles. The zero-order valence-corrected chi connectivity index (χ0v) is 13.1. The molecule has 1 aliphatic carbocycles. The fourth-order valence-corrected chi connectivity index (χ4v) is 2.82. The summed E-state index contributed by atoms with van der Waals surface area (Å²) in [5.74, 6) is -0.913. The summed E-state index contributed by atoms with van der Waals surface area (Å²) in [7, 11) is 0. The third-order valence-electron chi connectivity index (χ3n) is 4.21. The van der Waals surface area contributed by atoms with E-state index >= 15 is 0 Å². The zero-order chi connectivity index (χ0) is 15.2. The standard InChI is InChI=1S/C16H29NO3/c1-15(2,3)10-11-17-13(18)12-16(14(19)20)8-6-4-5-7-9-16/h4-12H2,1-3H3,(H,17,18)(H,19,20). The molecule has 116 valence electrons. The molecule has 0 aliphatic heterocycles. The fourth-order valence-electron chi connectivity index (χ4n) is 2.82. The summed E-state index contributed by atoms with van der Waals surface area (Å²) >= 11 is 0. The smallest absolute Gasteiger partial charge is 0.310 e. The van der Waals surface area contributed by atoms with Gasteiger partial charge in [-0.1, -0.05) is 46.5 Å². The monoisotopic (exact) mass is 283 g/mol. The average molecular weight is 283 g/mol. The van der Waals surface area contributed by atoms with Crippen molar-refractivity contribution in [2.45, 2.75) is 72.1 Å². The summed E-state index contributed by atoms with van der Waals surface area (Å²) in [5.41, 5.74) is -0.650. The van der Waals surface area contributed by atoms with Gasteiger partial charge in [-0.2, -0.15) is 0 Å². The van der Waals surface area contributed by atoms with Crippen LogP contribution >= 0.6 is 0 Å². The Labute approximate surface area is 122 Å². The Bertz CT molecular complexity index is 336. The maximum absolute atomic E-state index is 12.0. The van der Waals surface area contributed by atoms with Gasteiger partial charge in [-0.25, -0.2) is 0 Å². The van der Waals surface area contributed by atoms with Gasteiger partial charge in [-0.15, -0.1) is 0 Å². The average Bonchev–Trinajstić information content (AvgIpc) is 2.53. The molecule has 1 aliphatic rings. The van der Waals surface area contributed by atoms with Crippen molar-refractivity contribution in [3.8, 4) is 0 Å². The maximum atomic E-state index is 12.0.